The van der Waals surface area contributed by atoms with Crippen molar-refractivity contribution in [2.24, 2.45) is 0 Å². The minimum atomic E-state index is -1.05. The lowest BCUT2D eigenvalue weighted by molar-refractivity contribution is -0.136. The average molecular weight is 353 g/mol. The number of aromatic carboxylic acids is 1. The molecule has 0 aliphatic rings. The normalized spacial score (nSPS) is 11.0. The van der Waals surface area contributed by atoms with Crippen LogP contribution in [0.1, 0.15) is 34.1 Å². The maximum absolute atomic E-state index is 11.7. The molecule has 1 heterocycles. The molecule has 0 bridgehead atoms. The molecule has 0 saturated carbocycles. The van der Waals surface area contributed by atoms with E-state index in [0.29, 0.717) is 29.4 Å². The summed E-state index contributed by atoms with van der Waals surface area (Å²) in [4.78, 5) is 23.1. The Bertz CT molecular complexity index is 986. The van der Waals surface area contributed by atoms with Gasteiger partial charge >= 0.3 is 11.9 Å². The lowest BCUT2D eigenvalue weighted by Crippen LogP contribution is -2.09. The van der Waals surface area contributed by atoms with Crippen molar-refractivity contribution in [1.29, 1.82) is 0 Å². The van der Waals surface area contributed by atoms with Crippen LogP contribution in [0.4, 0.5) is 0 Å². The average Bonchev–Trinajstić information content (AvgIpc) is 2.89. The van der Waals surface area contributed by atoms with E-state index in [1.165, 1.54) is 6.07 Å². The summed E-state index contributed by atoms with van der Waals surface area (Å²) < 4.78 is 1.88. The van der Waals surface area contributed by atoms with Crippen molar-refractivity contribution in [2.75, 3.05) is 0 Å². The van der Waals surface area contributed by atoms with Crippen LogP contribution in [0.2, 0.25) is 0 Å². The van der Waals surface area contributed by atoms with Gasteiger partial charge < -0.3 is 19.9 Å². The highest BCUT2D eigenvalue weighted by Gasteiger charge is 2.22. The summed E-state index contributed by atoms with van der Waals surface area (Å²) in [7, 11) is 0. The molecule has 26 heavy (non-hydrogen) atoms. The van der Waals surface area contributed by atoms with Gasteiger partial charge in [-0.2, -0.15) is 0 Å². The Hall–Kier alpha value is -3.28. The fourth-order valence-corrected chi connectivity index (χ4v) is 3.41. The number of carbonyl (C=O) groups is 2. The minimum absolute atomic E-state index is 0.146. The number of nitrogens with zero attached hydrogens (tertiary/aromatic N) is 1. The molecule has 134 valence electrons. The van der Waals surface area contributed by atoms with E-state index in [1.54, 1.807) is 36.4 Å². The number of aliphatic carboxylic acids is 1. The maximum atomic E-state index is 11.7. The van der Waals surface area contributed by atoms with Crippen LogP contribution in [0.15, 0.2) is 42.5 Å². The van der Waals surface area contributed by atoms with E-state index < -0.39 is 11.9 Å². The first-order valence-corrected chi connectivity index (χ1v) is 8.28. The zero-order chi connectivity index (χ0) is 18.8. The summed E-state index contributed by atoms with van der Waals surface area (Å²) in [6.45, 7) is 2.32. The highest BCUT2D eigenvalue weighted by molar-refractivity contribution is 6.04. The van der Waals surface area contributed by atoms with E-state index in [1.807, 2.05) is 11.5 Å². The number of para-hydroxylation sites is 1. The van der Waals surface area contributed by atoms with Crippen LogP contribution in [-0.4, -0.2) is 31.8 Å². The standard InChI is InChI=1S/C20H19NO5/c1-2-17-16(10-18(23)24)14-4-3-5-15(20(25)26)19(14)21(17)11-12-6-8-13(22)9-7-12/h3-9,22H,2,10-11H2,1H3,(H,23,24)(H,25,26). The third-order valence-corrected chi connectivity index (χ3v) is 4.48. The molecule has 0 atom stereocenters. The highest BCUT2D eigenvalue weighted by Crippen LogP contribution is 2.31. The van der Waals surface area contributed by atoms with Crippen LogP contribution in [0.5, 0.6) is 5.75 Å². The molecule has 3 aromatic rings. The van der Waals surface area contributed by atoms with Crippen LogP contribution >= 0.6 is 0 Å². The number of carboxylic acids is 2. The molecule has 0 fully saturated rings. The smallest absolute Gasteiger partial charge is 0.337 e. The fourth-order valence-electron chi connectivity index (χ4n) is 3.41. The second-order valence-corrected chi connectivity index (χ2v) is 6.11. The van der Waals surface area contributed by atoms with E-state index in [9.17, 15) is 24.9 Å². The molecule has 2 aromatic carbocycles. The van der Waals surface area contributed by atoms with E-state index in [0.717, 1.165) is 11.3 Å². The number of aromatic hydroxyl groups is 1. The van der Waals surface area contributed by atoms with Crippen molar-refractivity contribution in [2.45, 2.75) is 26.3 Å². The van der Waals surface area contributed by atoms with Crippen LogP contribution < -0.4 is 0 Å². The first kappa shape index (κ1) is 17.5. The van der Waals surface area contributed by atoms with Crippen LogP contribution in [0.25, 0.3) is 10.9 Å². The lowest BCUT2D eigenvalue weighted by Gasteiger charge is -2.12. The van der Waals surface area contributed by atoms with Crippen LogP contribution in [0.3, 0.4) is 0 Å². The molecule has 1 aromatic heterocycles. The van der Waals surface area contributed by atoms with Crippen molar-refractivity contribution < 1.29 is 24.9 Å². The Labute approximate surface area is 149 Å². The highest BCUT2D eigenvalue weighted by atomic mass is 16.4. The molecule has 6 heteroatoms. The van der Waals surface area contributed by atoms with Crippen molar-refractivity contribution >= 4 is 22.8 Å². The number of phenols is 1. The molecule has 0 amide bonds. The molecule has 3 rings (SSSR count). The molecule has 0 aliphatic carbocycles. The molecule has 0 radical (unpaired) electrons. The molecule has 0 saturated heterocycles. The van der Waals surface area contributed by atoms with E-state index in [2.05, 4.69) is 0 Å². The predicted octanol–water partition coefficient (Wildman–Crippen LogP) is 3.28. The van der Waals surface area contributed by atoms with Gasteiger partial charge in [0.1, 0.15) is 5.75 Å². The van der Waals surface area contributed by atoms with E-state index in [4.69, 9.17) is 0 Å². The predicted molar refractivity (Wildman–Crippen MR) is 96.8 cm³/mol. The number of fused-ring (bicyclic) bond motifs is 1. The number of hydrogen-bond donors (Lipinski definition) is 3. The van der Waals surface area contributed by atoms with Crippen molar-refractivity contribution in [1.82, 2.24) is 4.57 Å². The molecule has 3 N–H and O–H groups in total. The van der Waals surface area contributed by atoms with E-state index >= 15 is 0 Å². The third kappa shape index (κ3) is 3.13. The quantitative estimate of drug-likeness (QED) is 0.631. The fraction of sp³-hybridized carbons (Fsp3) is 0.200. The van der Waals surface area contributed by atoms with Crippen molar-refractivity contribution in [3.8, 4) is 5.75 Å². The first-order chi connectivity index (χ1) is 12.4. The molecule has 0 spiro atoms. The van der Waals surface area contributed by atoms with E-state index in [-0.39, 0.29) is 17.7 Å². The van der Waals surface area contributed by atoms with Gasteiger partial charge in [0, 0.05) is 17.6 Å². The Morgan fingerprint density at radius 3 is 2.31 bits per heavy atom. The van der Waals surface area contributed by atoms with Gasteiger partial charge in [-0.15, -0.1) is 0 Å². The zero-order valence-electron chi connectivity index (χ0n) is 14.3. The molecule has 6 nitrogen and oxygen atoms in total. The van der Waals surface area contributed by atoms with Gasteiger partial charge in [-0.3, -0.25) is 4.79 Å². The van der Waals surface area contributed by atoms with Gasteiger partial charge in [-0.25, -0.2) is 4.79 Å². The van der Waals surface area contributed by atoms with Gasteiger partial charge in [0.15, 0.2) is 0 Å². The topological polar surface area (TPSA) is 99.8 Å². The largest absolute Gasteiger partial charge is 0.508 e. The van der Waals surface area contributed by atoms with Crippen LogP contribution in [-0.2, 0) is 24.2 Å². The lowest BCUT2D eigenvalue weighted by atomic mass is 10.0. The maximum Gasteiger partial charge on any atom is 0.337 e. The third-order valence-electron chi connectivity index (χ3n) is 4.48. The van der Waals surface area contributed by atoms with Gasteiger partial charge in [-0.05, 0) is 35.7 Å². The number of aromatic nitrogens is 1. The first-order valence-electron chi connectivity index (χ1n) is 8.28. The van der Waals surface area contributed by atoms with Crippen LogP contribution in [0, 0.1) is 0 Å². The van der Waals surface area contributed by atoms with Gasteiger partial charge in [0.25, 0.3) is 0 Å². The van der Waals surface area contributed by atoms with Gasteiger partial charge in [-0.1, -0.05) is 31.2 Å². The number of carboxylic acid groups (broad SMARTS) is 2. The summed E-state index contributed by atoms with van der Waals surface area (Å²) in [6, 6.07) is 11.6. The van der Waals surface area contributed by atoms with Gasteiger partial charge in [0.05, 0.1) is 17.5 Å². The molecular formula is C20H19NO5. The SMILES string of the molecule is CCc1c(CC(=O)O)c2cccc(C(=O)O)c2n1Cc1ccc(O)cc1. The van der Waals surface area contributed by atoms with Crippen molar-refractivity contribution in [3.63, 3.8) is 0 Å². The Morgan fingerprint density at radius 1 is 1.04 bits per heavy atom. The monoisotopic (exact) mass is 353 g/mol. The second kappa shape index (κ2) is 6.92. The summed E-state index contributed by atoms with van der Waals surface area (Å²) in [5.41, 5.74) is 3.02. The second-order valence-electron chi connectivity index (χ2n) is 6.11. The number of hydrogen-bond acceptors (Lipinski definition) is 3. The van der Waals surface area contributed by atoms with Gasteiger partial charge in [0.2, 0.25) is 0 Å². The molecule has 0 unspecified atom stereocenters. The summed E-state index contributed by atoms with van der Waals surface area (Å²) in [5, 5.41) is 29.0. The Balaban J connectivity index is 2.28. The minimum Gasteiger partial charge on any atom is -0.508 e. The number of benzene rings is 2. The number of phenolic OH excluding ortho intramolecular Hbond substituents is 1. The zero-order valence-corrected chi connectivity index (χ0v) is 14.3. The Morgan fingerprint density at radius 2 is 1.73 bits per heavy atom. The molecular weight excluding hydrogens is 334 g/mol. The Kier molecular flexibility index (Phi) is 4.67. The summed E-state index contributed by atoms with van der Waals surface area (Å²) in [6.07, 6.45) is 0.416. The molecule has 0 aliphatic heterocycles. The van der Waals surface area contributed by atoms with Crippen molar-refractivity contribution in [3.05, 3.63) is 64.8 Å². The summed E-state index contributed by atoms with van der Waals surface area (Å²) >= 11 is 0. The number of rotatable bonds is 6. The summed E-state index contributed by atoms with van der Waals surface area (Å²) in [5.74, 6) is -1.85.